The van der Waals surface area contributed by atoms with Crippen LogP contribution in [0, 0.1) is 5.92 Å². The van der Waals surface area contributed by atoms with Gasteiger partial charge in [-0.3, -0.25) is 4.79 Å². The van der Waals surface area contributed by atoms with Crippen LogP contribution in [0.3, 0.4) is 0 Å². The van der Waals surface area contributed by atoms with Gasteiger partial charge in [-0.25, -0.2) is 4.79 Å². The monoisotopic (exact) mass is 309 g/mol. The maximum absolute atomic E-state index is 11.9. The van der Waals surface area contributed by atoms with Gasteiger partial charge in [0.1, 0.15) is 17.9 Å². The highest BCUT2D eigenvalue weighted by molar-refractivity contribution is 5.86. The summed E-state index contributed by atoms with van der Waals surface area (Å²) in [5.74, 6) is -1.05. The van der Waals surface area contributed by atoms with Crippen LogP contribution in [-0.2, 0) is 16.0 Å². The molecule has 0 aliphatic carbocycles. The van der Waals surface area contributed by atoms with Crippen LogP contribution in [0.4, 0.5) is 0 Å². The van der Waals surface area contributed by atoms with Crippen LogP contribution in [0.1, 0.15) is 25.8 Å². The van der Waals surface area contributed by atoms with Crippen molar-refractivity contribution in [1.29, 1.82) is 0 Å². The Morgan fingerprint density at radius 3 is 2.55 bits per heavy atom. The minimum Gasteiger partial charge on any atom is -0.497 e. The fraction of sp³-hybridized carbons (Fsp3) is 0.500. The maximum Gasteiger partial charge on any atom is 0.326 e. The van der Waals surface area contributed by atoms with Gasteiger partial charge in [-0.15, -0.1) is 0 Å². The number of carbonyl (C=O) groups is 2. The molecule has 6 heteroatoms. The van der Waals surface area contributed by atoms with E-state index in [9.17, 15) is 19.8 Å². The number of methoxy groups -OCH3 is 1. The van der Waals surface area contributed by atoms with Crippen molar-refractivity contribution < 1.29 is 24.5 Å². The summed E-state index contributed by atoms with van der Waals surface area (Å²) in [6.45, 7) is 3.75. The quantitative estimate of drug-likeness (QED) is 0.671. The Balaban J connectivity index is 2.73. The number of amides is 1. The number of aliphatic carboxylic acids is 1. The molecule has 122 valence electrons. The molecular weight excluding hydrogens is 286 g/mol. The van der Waals surface area contributed by atoms with Crippen molar-refractivity contribution in [1.82, 2.24) is 5.32 Å². The van der Waals surface area contributed by atoms with Gasteiger partial charge in [0.05, 0.1) is 7.11 Å². The topological polar surface area (TPSA) is 95.9 Å². The Morgan fingerprint density at radius 2 is 2.00 bits per heavy atom. The summed E-state index contributed by atoms with van der Waals surface area (Å²) in [5, 5.41) is 21.4. The molecule has 0 unspecified atom stereocenters. The zero-order chi connectivity index (χ0) is 16.7. The van der Waals surface area contributed by atoms with E-state index < -0.39 is 24.0 Å². The summed E-state index contributed by atoms with van der Waals surface area (Å²) in [5.41, 5.74) is 0.727. The molecule has 6 nitrogen and oxygen atoms in total. The van der Waals surface area contributed by atoms with Gasteiger partial charge in [0.2, 0.25) is 5.91 Å². The average molecular weight is 309 g/mol. The summed E-state index contributed by atoms with van der Waals surface area (Å²) in [6.07, 6.45) is -0.795. The predicted octanol–water partition coefficient (Wildman–Crippen LogP) is 1.21. The summed E-state index contributed by atoms with van der Waals surface area (Å²) in [6, 6.07) is 5.88. The van der Waals surface area contributed by atoms with E-state index in [2.05, 4.69) is 5.32 Å². The van der Waals surface area contributed by atoms with Gasteiger partial charge in [-0.05, 0) is 30.0 Å². The standard InChI is InChI=1S/C16H23NO5/c1-10(2)7-14(18)15(19)17-13(16(20)21)9-11-5-4-6-12(8-11)22-3/h4-6,8,10,13-14,18H,7,9H2,1-3H3,(H,17,19)(H,20,21)/t13-,14-/m0/s1. The molecule has 0 spiro atoms. The molecule has 1 rings (SSSR count). The van der Waals surface area contributed by atoms with Gasteiger partial charge < -0.3 is 20.3 Å². The molecule has 0 saturated carbocycles. The first-order valence-electron chi connectivity index (χ1n) is 7.17. The lowest BCUT2D eigenvalue weighted by molar-refractivity contribution is -0.143. The Kier molecular flexibility index (Phi) is 6.85. The number of aliphatic hydroxyl groups excluding tert-OH is 1. The molecule has 0 aliphatic heterocycles. The molecule has 0 saturated heterocycles. The third-order valence-corrected chi connectivity index (χ3v) is 3.19. The molecular formula is C16H23NO5. The predicted molar refractivity (Wildman–Crippen MR) is 81.7 cm³/mol. The lowest BCUT2D eigenvalue weighted by Gasteiger charge is -2.18. The van der Waals surface area contributed by atoms with E-state index in [0.717, 1.165) is 5.56 Å². The van der Waals surface area contributed by atoms with E-state index in [1.165, 1.54) is 7.11 Å². The number of aliphatic hydroxyl groups is 1. The van der Waals surface area contributed by atoms with Crippen LogP contribution in [0.2, 0.25) is 0 Å². The van der Waals surface area contributed by atoms with Crippen molar-refractivity contribution in [3.63, 3.8) is 0 Å². The second-order valence-electron chi connectivity index (χ2n) is 5.60. The van der Waals surface area contributed by atoms with Gasteiger partial charge in [-0.1, -0.05) is 26.0 Å². The molecule has 0 radical (unpaired) electrons. The van der Waals surface area contributed by atoms with E-state index in [-0.39, 0.29) is 18.8 Å². The first-order valence-corrected chi connectivity index (χ1v) is 7.17. The third kappa shape index (κ3) is 5.73. The van der Waals surface area contributed by atoms with Crippen molar-refractivity contribution >= 4 is 11.9 Å². The smallest absolute Gasteiger partial charge is 0.326 e. The summed E-state index contributed by atoms with van der Waals surface area (Å²) < 4.78 is 5.09. The third-order valence-electron chi connectivity index (χ3n) is 3.19. The zero-order valence-electron chi connectivity index (χ0n) is 13.1. The zero-order valence-corrected chi connectivity index (χ0v) is 13.1. The van der Waals surface area contributed by atoms with Crippen LogP contribution in [0.5, 0.6) is 5.75 Å². The molecule has 0 bridgehead atoms. The number of rotatable bonds is 8. The molecule has 0 heterocycles. The molecule has 1 amide bonds. The second kappa shape index (κ2) is 8.38. The van der Waals surface area contributed by atoms with Crippen LogP contribution in [-0.4, -0.2) is 41.3 Å². The van der Waals surface area contributed by atoms with Gasteiger partial charge in [-0.2, -0.15) is 0 Å². The number of hydrogen-bond acceptors (Lipinski definition) is 4. The number of hydrogen-bond donors (Lipinski definition) is 3. The lowest BCUT2D eigenvalue weighted by atomic mass is 10.0. The van der Waals surface area contributed by atoms with Crippen LogP contribution in [0.25, 0.3) is 0 Å². The normalized spacial score (nSPS) is 13.5. The molecule has 22 heavy (non-hydrogen) atoms. The Hall–Kier alpha value is -2.08. The Morgan fingerprint density at radius 1 is 1.32 bits per heavy atom. The number of nitrogens with one attached hydrogen (secondary N) is 1. The largest absolute Gasteiger partial charge is 0.497 e. The summed E-state index contributed by atoms with van der Waals surface area (Å²) >= 11 is 0. The van der Waals surface area contributed by atoms with E-state index >= 15 is 0 Å². The van der Waals surface area contributed by atoms with Crippen LogP contribution < -0.4 is 10.1 Å². The fourth-order valence-electron chi connectivity index (χ4n) is 2.06. The van der Waals surface area contributed by atoms with Crippen molar-refractivity contribution in [2.75, 3.05) is 7.11 Å². The van der Waals surface area contributed by atoms with E-state index in [1.54, 1.807) is 24.3 Å². The summed E-state index contributed by atoms with van der Waals surface area (Å²) in [4.78, 5) is 23.2. The SMILES string of the molecule is COc1cccc(C[C@H](NC(=O)[C@@H](O)CC(C)C)C(=O)O)c1. The molecule has 0 aliphatic rings. The average Bonchev–Trinajstić information content (AvgIpc) is 2.45. The minimum atomic E-state index is -1.20. The number of carboxylic acids is 1. The number of carbonyl (C=O) groups excluding carboxylic acids is 1. The Bertz CT molecular complexity index is 515. The molecule has 3 N–H and O–H groups in total. The van der Waals surface area contributed by atoms with E-state index in [0.29, 0.717) is 5.75 Å². The fourth-order valence-corrected chi connectivity index (χ4v) is 2.06. The molecule has 1 aromatic rings. The van der Waals surface area contributed by atoms with Gasteiger partial charge in [0, 0.05) is 6.42 Å². The highest BCUT2D eigenvalue weighted by atomic mass is 16.5. The molecule has 1 aromatic carbocycles. The molecule has 0 aromatic heterocycles. The van der Waals surface area contributed by atoms with Crippen molar-refractivity contribution in [2.24, 2.45) is 5.92 Å². The van der Waals surface area contributed by atoms with Gasteiger partial charge in [0.25, 0.3) is 0 Å². The first-order chi connectivity index (χ1) is 10.3. The molecule has 0 fully saturated rings. The van der Waals surface area contributed by atoms with Crippen LogP contribution in [0.15, 0.2) is 24.3 Å². The van der Waals surface area contributed by atoms with E-state index in [4.69, 9.17) is 4.74 Å². The highest BCUT2D eigenvalue weighted by Gasteiger charge is 2.24. The number of benzene rings is 1. The summed E-state index contributed by atoms with van der Waals surface area (Å²) in [7, 11) is 1.53. The van der Waals surface area contributed by atoms with Crippen molar-refractivity contribution in [3.05, 3.63) is 29.8 Å². The second-order valence-corrected chi connectivity index (χ2v) is 5.60. The van der Waals surface area contributed by atoms with E-state index in [1.807, 2.05) is 13.8 Å². The van der Waals surface area contributed by atoms with Crippen molar-refractivity contribution in [3.8, 4) is 5.75 Å². The van der Waals surface area contributed by atoms with Gasteiger partial charge >= 0.3 is 5.97 Å². The van der Waals surface area contributed by atoms with Gasteiger partial charge in [0.15, 0.2) is 0 Å². The van der Waals surface area contributed by atoms with Crippen molar-refractivity contribution in [2.45, 2.75) is 38.8 Å². The first kappa shape index (κ1) is 18.0. The lowest BCUT2D eigenvalue weighted by Crippen LogP contribution is -2.46. The van der Waals surface area contributed by atoms with Crippen LogP contribution >= 0.6 is 0 Å². The molecule has 2 atom stereocenters. The number of carboxylic acid groups (broad SMARTS) is 1. The number of ether oxygens (including phenoxy) is 1. The Labute approximate surface area is 130 Å². The maximum atomic E-state index is 11.9. The minimum absolute atomic E-state index is 0.118. The highest BCUT2D eigenvalue weighted by Crippen LogP contribution is 2.14.